The van der Waals surface area contributed by atoms with Crippen molar-refractivity contribution in [1.82, 2.24) is 0 Å². The summed E-state index contributed by atoms with van der Waals surface area (Å²) in [6, 6.07) is 1.68. The van der Waals surface area contributed by atoms with Crippen molar-refractivity contribution >= 4 is 9.84 Å². The van der Waals surface area contributed by atoms with Gasteiger partial charge in [-0.3, -0.25) is 0 Å². The zero-order chi connectivity index (χ0) is 11.6. The van der Waals surface area contributed by atoms with E-state index in [0.717, 1.165) is 12.1 Å². The summed E-state index contributed by atoms with van der Waals surface area (Å²) in [6.45, 7) is 1.48. The minimum absolute atomic E-state index is 0.409. The number of hydrogen-bond donors (Lipinski definition) is 1. The van der Waals surface area contributed by atoms with Gasteiger partial charge < -0.3 is 5.73 Å². The highest BCUT2D eigenvalue weighted by Gasteiger charge is 2.21. The van der Waals surface area contributed by atoms with E-state index >= 15 is 0 Å². The van der Waals surface area contributed by atoms with E-state index in [1.54, 1.807) is 0 Å². The Balaban J connectivity index is 3.21. The summed E-state index contributed by atoms with van der Waals surface area (Å²) in [4.78, 5) is -0.639. The first-order valence-corrected chi connectivity index (χ1v) is 5.91. The molecule has 1 aromatic carbocycles. The molecule has 0 aliphatic heterocycles. The predicted octanol–water partition coefficient (Wildman–Crippen LogP) is 1.09. The van der Waals surface area contributed by atoms with Gasteiger partial charge in [-0.1, -0.05) is 0 Å². The summed E-state index contributed by atoms with van der Waals surface area (Å²) in [7, 11) is -3.85. The van der Waals surface area contributed by atoms with Gasteiger partial charge >= 0.3 is 0 Å². The molecule has 1 aromatic rings. The van der Waals surface area contributed by atoms with Gasteiger partial charge in [-0.05, 0) is 25.1 Å². The number of nitrogens with two attached hydrogens (primary N) is 1. The molecule has 1 atom stereocenters. The minimum atomic E-state index is -3.85. The van der Waals surface area contributed by atoms with Crippen molar-refractivity contribution < 1.29 is 17.2 Å². The Bertz CT molecular complexity index is 457. The summed E-state index contributed by atoms with van der Waals surface area (Å²) in [6.07, 6.45) is 0. The number of hydrogen-bond acceptors (Lipinski definition) is 3. The van der Waals surface area contributed by atoms with Crippen LogP contribution in [0.3, 0.4) is 0 Å². The van der Waals surface area contributed by atoms with E-state index in [4.69, 9.17) is 5.73 Å². The van der Waals surface area contributed by atoms with E-state index in [1.807, 2.05) is 0 Å². The zero-order valence-electron chi connectivity index (χ0n) is 8.07. The fourth-order valence-electron chi connectivity index (χ4n) is 1.15. The van der Waals surface area contributed by atoms with Crippen molar-refractivity contribution in [2.45, 2.75) is 17.9 Å². The summed E-state index contributed by atoms with van der Waals surface area (Å²) >= 11 is 0. The van der Waals surface area contributed by atoms with E-state index < -0.39 is 38.2 Å². The van der Waals surface area contributed by atoms with Gasteiger partial charge in [-0.15, -0.1) is 0 Å². The summed E-state index contributed by atoms with van der Waals surface area (Å²) < 4.78 is 48.9. The molecule has 0 radical (unpaired) electrons. The van der Waals surface area contributed by atoms with Crippen molar-refractivity contribution in [3.8, 4) is 0 Å². The topological polar surface area (TPSA) is 60.2 Å². The first-order valence-electron chi connectivity index (χ1n) is 4.26. The monoisotopic (exact) mass is 235 g/mol. The van der Waals surface area contributed by atoms with E-state index in [0.29, 0.717) is 6.07 Å². The van der Waals surface area contributed by atoms with Gasteiger partial charge in [0.25, 0.3) is 0 Å². The van der Waals surface area contributed by atoms with Gasteiger partial charge in [0.1, 0.15) is 16.5 Å². The second-order valence-corrected chi connectivity index (χ2v) is 5.34. The smallest absolute Gasteiger partial charge is 0.182 e. The summed E-state index contributed by atoms with van der Waals surface area (Å²) in [5, 5.41) is 0. The molecule has 0 aliphatic rings. The van der Waals surface area contributed by atoms with Crippen LogP contribution in [-0.2, 0) is 9.84 Å². The largest absolute Gasteiger partial charge is 0.327 e. The predicted molar refractivity (Wildman–Crippen MR) is 52.1 cm³/mol. The van der Waals surface area contributed by atoms with Gasteiger partial charge in [0, 0.05) is 6.04 Å². The molecule has 1 unspecified atom stereocenters. The molecule has 0 saturated heterocycles. The molecule has 2 N–H and O–H groups in total. The lowest BCUT2D eigenvalue weighted by Crippen LogP contribution is -2.26. The molecule has 1 rings (SSSR count). The Morgan fingerprint density at radius 3 is 2.53 bits per heavy atom. The molecule has 84 valence electrons. The molecule has 0 bridgehead atoms. The van der Waals surface area contributed by atoms with E-state index in [9.17, 15) is 17.2 Å². The van der Waals surface area contributed by atoms with Gasteiger partial charge in [-0.25, -0.2) is 17.2 Å². The van der Waals surface area contributed by atoms with E-state index in [2.05, 4.69) is 0 Å². The first-order chi connectivity index (χ1) is 6.83. The molecule has 0 aliphatic carbocycles. The molecule has 0 amide bonds. The molecule has 0 fully saturated rings. The Morgan fingerprint density at radius 2 is 2.00 bits per heavy atom. The average Bonchev–Trinajstić information content (AvgIpc) is 2.06. The van der Waals surface area contributed by atoms with E-state index in [-0.39, 0.29) is 0 Å². The third-order valence-corrected chi connectivity index (χ3v) is 3.66. The Labute approximate surface area is 86.8 Å². The van der Waals surface area contributed by atoms with Crippen LogP contribution in [0, 0.1) is 11.6 Å². The minimum Gasteiger partial charge on any atom is -0.327 e. The number of halogens is 2. The fourth-order valence-corrected chi connectivity index (χ4v) is 2.68. The van der Waals surface area contributed by atoms with Crippen LogP contribution in [0.1, 0.15) is 6.92 Å². The van der Waals surface area contributed by atoms with Crippen molar-refractivity contribution in [3.63, 3.8) is 0 Å². The average molecular weight is 235 g/mol. The maximum Gasteiger partial charge on any atom is 0.182 e. The lowest BCUT2D eigenvalue weighted by Gasteiger charge is -2.07. The molecule has 0 spiro atoms. The molecule has 0 saturated carbocycles. The second-order valence-electron chi connectivity index (χ2n) is 3.33. The van der Waals surface area contributed by atoms with Crippen molar-refractivity contribution in [2.75, 3.05) is 5.75 Å². The van der Waals surface area contributed by atoms with Crippen LogP contribution in [-0.4, -0.2) is 20.2 Å². The maximum absolute atomic E-state index is 13.1. The van der Waals surface area contributed by atoms with Crippen LogP contribution in [0.4, 0.5) is 8.78 Å². The number of rotatable bonds is 3. The maximum atomic E-state index is 13.1. The highest BCUT2D eigenvalue weighted by molar-refractivity contribution is 7.91. The van der Waals surface area contributed by atoms with Crippen LogP contribution in [0.2, 0.25) is 0 Å². The third-order valence-electron chi connectivity index (χ3n) is 1.71. The highest BCUT2D eigenvalue weighted by atomic mass is 32.2. The molecular formula is C9H11F2NO2S. The van der Waals surface area contributed by atoms with E-state index in [1.165, 1.54) is 6.92 Å². The third kappa shape index (κ3) is 2.97. The van der Waals surface area contributed by atoms with Crippen LogP contribution >= 0.6 is 0 Å². The molecule has 0 heterocycles. The second kappa shape index (κ2) is 4.24. The number of benzene rings is 1. The van der Waals surface area contributed by atoms with Crippen LogP contribution in [0.25, 0.3) is 0 Å². The normalized spacial score (nSPS) is 13.9. The molecule has 0 aromatic heterocycles. The van der Waals surface area contributed by atoms with Gasteiger partial charge in [0.15, 0.2) is 9.84 Å². The van der Waals surface area contributed by atoms with Crippen molar-refractivity contribution in [1.29, 1.82) is 0 Å². The fraction of sp³-hybridized carbons (Fsp3) is 0.333. The van der Waals surface area contributed by atoms with Crippen molar-refractivity contribution in [2.24, 2.45) is 5.73 Å². The number of sulfone groups is 1. The molecular weight excluding hydrogens is 224 g/mol. The lowest BCUT2D eigenvalue weighted by molar-refractivity contribution is 0.550. The SMILES string of the molecule is CC(N)CS(=O)(=O)c1cc(F)ccc1F. The van der Waals surface area contributed by atoms with Crippen molar-refractivity contribution in [3.05, 3.63) is 29.8 Å². The van der Waals surface area contributed by atoms with Gasteiger partial charge in [0.05, 0.1) is 5.75 Å². The summed E-state index contributed by atoms with van der Waals surface area (Å²) in [5.74, 6) is -2.16. The Kier molecular flexibility index (Phi) is 3.41. The molecule has 15 heavy (non-hydrogen) atoms. The lowest BCUT2D eigenvalue weighted by atomic mass is 10.3. The van der Waals surface area contributed by atoms with Gasteiger partial charge in [-0.2, -0.15) is 0 Å². The Hall–Kier alpha value is -1.01. The van der Waals surface area contributed by atoms with Crippen LogP contribution < -0.4 is 5.73 Å². The van der Waals surface area contributed by atoms with Crippen LogP contribution in [0.15, 0.2) is 23.1 Å². The first kappa shape index (κ1) is 12.1. The standard InChI is InChI=1S/C9H11F2NO2S/c1-6(12)5-15(13,14)9-4-7(10)2-3-8(9)11/h2-4,6H,5,12H2,1H3. The molecule has 3 nitrogen and oxygen atoms in total. The van der Waals surface area contributed by atoms with Gasteiger partial charge in [0.2, 0.25) is 0 Å². The zero-order valence-corrected chi connectivity index (χ0v) is 8.89. The Morgan fingerprint density at radius 1 is 1.40 bits per heavy atom. The molecule has 6 heteroatoms. The quantitative estimate of drug-likeness (QED) is 0.853. The highest BCUT2D eigenvalue weighted by Crippen LogP contribution is 2.17. The van der Waals surface area contributed by atoms with Crippen LogP contribution in [0.5, 0.6) is 0 Å². The summed E-state index contributed by atoms with van der Waals surface area (Å²) in [5.41, 5.74) is 5.31.